The van der Waals surface area contributed by atoms with Gasteiger partial charge in [-0.2, -0.15) is 0 Å². The summed E-state index contributed by atoms with van der Waals surface area (Å²) in [6.07, 6.45) is 3.89. The summed E-state index contributed by atoms with van der Waals surface area (Å²) >= 11 is 0. The van der Waals surface area contributed by atoms with Gasteiger partial charge in [0.2, 0.25) is 0 Å². The summed E-state index contributed by atoms with van der Waals surface area (Å²) in [7, 11) is 2.05. The molecule has 1 unspecified atom stereocenters. The lowest BCUT2D eigenvalue weighted by atomic mass is 10.1. The van der Waals surface area contributed by atoms with E-state index in [1.807, 2.05) is 12.1 Å². The van der Waals surface area contributed by atoms with Gasteiger partial charge in [0, 0.05) is 24.3 Å². The van der Waals surface area contributed by atoms with Crippen LogP contribution < -0.4 is 14.7 Å². The molecule has 1 saturated heterocycles. The number of nitrogens with zero attached hydrogens (tertiary/aromatic N) is 2. The van der Waals surface area contributed by atoms with E-state index in [9.17, 15) is 9.59 Å². The smallest absolute Gasteiger partial charge is 0.303 e. The molecule has 4 rings (SSSR count). The highest BCUT2D eigenvalue weighted by atomic mass is 16.2. The van der Waals surface area contributed by atoms with Crippen molar-refractivity contribution in [3.05, 3.63) is 59.7 Å². The molecule has 0 aromatic heterocycles. The fraction of sp³-hybridized carbons (Fsp3) is 0.364. The molecule has 1 N–H and O–H groups in total. The zero-order chi connectivity index (χ0) is 18.8. The van der Waals surface area contributed by atoms with E-state index >= 15 is 0 Å². The maximum Gasteiger partial charge on any atom is 0.303 e. The molecule has 5 nitrogen and oxygen atoms in total. The van der Waals surface area contributed by atoms with Crippen molar-refractivity contribution < 1.29 is 14.5 Å². The van der Waals surface area contributed by atoms with Gasteiger partial charge in [0.15, 0.2) is 6.67 Å². The van der Waals surface area contributed by atoms with E-state index in [1.165, 1.54) is 35.4 Å². The van der Waals surface area contributed by atoms with E-state index in [4.69, 9.17) is 0 Å². The molecule has 2 aliphatic heterocycles. The van der Waals surface area contributed by atoms with Crippen molar-refractivity contribution in [3.63, 3.8) is 0 Å². The summed E-state index contributed by atoms with van der Waals surface area (Å²) in [5.74, 6) is -0.819. The van der Waals surface area contributed by atoms with Crippen LogP contribution in [0.3, 0.4) is 0 Å². The number of rotatable bonds is 5. The summed E-state index contributed by atoms with van der Waals surface area (Å²) in [6, 6.07) is 16.0. The predicted octanol–water partition coefficient (Wildman–Crippen LogP) is 1.88. The number of fused-ring (bicyclic) bond motifs is 1. The first-order chi connectivity index (χ1) is 13.1. The number of carbonyl (C=O) groups excluding carboxylic acids is 2. The van der Waals surface area contributed by atoms with Crippen LogP contribution in [0.2, 0.25) is 0 Å². The quantitative estimate of drug-likeness (QED) is 0.824. The lowest BCUT2D eigenvalue weighted by Crippen LogP contribution is -3.09. The van der Waals surface area contributed by atoms with E-state index < -0.39 is 11.7 Å². The van der Waals surface area contributed by atoms with E-state index in [0.29, 0.717) is 12.2 Å². The van der Waals surface area contributed by atoms with Crippen LogP contribution in [-0.4, -0.2) is 38.5 Å². The average molecular weight is 364 g/mol. The molecule has 0 saturated carbocycles. The third kappa shape index (κ3) is 3.60. The highest BCUT2D eigenvalue weighted by molar-refractivity contribution is 6.52. The Hall–Kier alpha value is -2.66. The standard InChI is InChI=1S/C22H25N3O2/c1-23(16-25-20-8-4-3-7-19(20)21(26)22(25)27)15-17-9-11-18(12-10-17)24-13-5-2-6-14-24/h3-4,7-12H,2,5-6,13-16H2,1H3/p+1. The van der Waals surface area contributed by atoms with Gasteiger partial charge in [-0.05, 0) is 43.5 Å². The fourth-order valence-electron chi connectivity index (χ4n) is 4.06. The number of Topliss-reactive ketones (excluding diaryl/α,β-unsaturated/α-hetero) is 1. The Morgan fingerprint density at radius 2 is 1.63 bits per heavy atom. The number of hydrogen-bond donors (Lipinski definition) is 1. The van der Waals surface area contributed by atoms with Crippen LogP contribution in [0, 0.1) is 0 Å². The van der Waals surface area contributed by atoms with Gasteiger partial charge < -0.3 is 9.80 Å². The Labute approximate surface area is 160 Å². The van der Waals surface area contributed by atoms with Crippen molar-refractivity contribution in [2.45, 2.75) is 25.8 Å². The van der Waals surface area contributed by atoms with Crippen molar-refractivity contribution in [1.29, 1.82) is 0 Å². The number of nitrogens with one attached hydrogen (secondary N) is 1. The van der Waals surface area contributed by atoms with Gasteiger partial charge in [-0.3, -0.25) is 14.5 Å². The summed E-state index contributed by atoms with van der Waals surface area (Å²) < 4.78 is 0. The van der Waals surface area contributed by atoms with Crippen LogP contribution in [0.4, 0.5) is 11.4 Å². The SMILES string of the molecule is C[NH+](Cc1ccc(N2CCCCC2)cc1)CN1C(=O)C(=O)c2ccccc21. The molecular formula is C22H26N3O2+. The van der Waals surface area contributed by atoms with Crippen molar-refractivity contribution in [2.24, 2.45) is 0 Å². The van der Waals surface area contributed by atoms with Crippen molar-refractivity contribution in [3.8, 4) is 0 Å². The Kier molecular flexibility index (Phi) is 4.94. The molecule has 2 heterocycles. The molecule has 5 heteroatoms. The fourth-order valence-corrected chi connectivity index (χ4v) is 4.06. The minimum atomic E-state index is -0.420. The largest absolute Gasteiger partial charge is 0.372 e. The number of hydrogen-bond acceptors (Lipinski definition) is 3. The maximum absolute atomic E-state index is 12.3. The third-order valence-electron chi connectivity index (χ3n) is 5.47. The number of amides is 1. The van der Waals surface area contributed by atoms with Gasteiger partial charge in [-0.1, -0.05) is 24.3 Å². The van der Waals surface area contributed by atoms with Crippen molar-refractivity contribution in [2.75, 3.05) is 36.6 Å². The molecule has 1 amide bonds. The van der Waals surface area contributed by atoms with Crippen LogP contribution in [-0.2, 0) is 11.3 Å². The monoisotopic (exact) mass is 364 g/mol. The number of benzene rings is 2. The van der Waals surface area contributed by atoms with E-state index in [0.717, 1.165) is 25.3 Å². The first-order valence-electron chi connectivity index (χ1n) is 9.74. The molecule has 2 aliphatic rings. The van der Waals surface area contributed by atoms with Gasteiger partial charge >= 0.3 is 5.91 Å². The zero-order valence-electron chi connectivity index (χ0n) is 15.8. The molecular weight excluding hydrogens is 338 g/mol. The van der Waals surface area contributed by atoms with Crippen molar-refractivity contribution >= 4 is 23.1 Å². The number of para-hydroxylation sites is 1. The minimum absolute atomic E-state index is 0.399. The molecule has 1 fully saturated rings. The highest BCUT2D eigenvalue weighted by Crippen LogP contribution is 2.27. The van der Waals surface area contributed by atoms with E-state index in [1.54, 1.807) is 17.0 Å². The molecule has 1 atom stereocenters. The maximum atomic E-state index is 12.3. The lowest BCUT2D eigenvalue weighted by molar-refractivity contribution is -0.892. The molecule has 2 aromatic carbocycles. The molecule has 140 valence electrons. The topological polar surface area (TPSA) is 45.1 Å². The van der Waals surface area contributed by atoms with Crippen LogP contribution in [0.15, 0.2) is 48.5 Å². The second kappa shape index (κ2) is 7.53. The second-order valence-electron chi connectivity index (χ2n) is 7.59. The van der Waals surface area contributed by atoms with Gasteiger partial charge in [-0.15, -0.1) is 0 Å². The van der Waals surface area contributed by atoms with Crippen LogP contribution in [0.1, 0.15) is 35.2 Å². The van der Waals surface area contributed by atoms with Gasteiger partial charge in [-0.25, -0.2) is 0 Å². The lowest BCUT2D eigenvalue weighted by Gasteiger charge is -2.29. The van der Waals surface area contributed by atoms with Gasteiger partial charge in [0.25, 0.3) is 5.78 Å². The summed E-state index contributed by atoms with van der Waals surface area (Å²) in [6.45, 7) is 3.58. The molecule has 27 heavy (non-hydrogen) atoms. The average Bonchev–Trinajstić information content (AvgIpc) is 2.94. The number of carbonyl (C=O) groups is 2. The van der Waals surface area contributed by atoms with Crippen LogP contribution >= 0.6 is 0 Å². The normalized spacial score (nSPS) is 18.0. The second-order valence-corrected chi connectivity index (χ2v) is 7.59. The predicted molar refractivity (Wildman–Crippen MR) is 106 cm³/mol. The first kappa shape index (κ1) is 17.7. The highest BCUT2D eigenvalue weighted by Gasteiger charge is 2.36. The number of quaternary nitrogens is 1. The number of anilines is 2. The summed E-state index contributed by atoms with van der Waals surface area (Å²) in [4.78, 5) is 29.7. The molecule has 0 aliphatic carbocycles. The first-order valence-corrected chi connectivity index (χ1v) is 9.74. The third-order valence-corrected chi connectivity index (χ3v) is 5.47. The molecule has 2 aromatic rings. The number of piperidine rings is 1. The van der Waals surface area contributed by atoms with Gasteiger partial charge in [0.1, 0.15) is 6.54 Å². The van der Waals surface area contributed by atoms with Crippen LogP contribution in [0.5, 0.6) is 0 Å². The number of ketones is 1. The Morgan fingerprint density at radius 3 is 2.37 bits per heavy atom. The summed E-state index contributed by atoms with van der Waals surface area (Å²) in [5, 5.41) is 0. The molecule has 0 spiro atoms. The minimum Gasteiger partial charge on any atom is -0.372 e. The Bertz CT molecular complexity index is 841. The Balaban J connectivity index is 1.40. The summed E-state index contributed by atoms with van der Waals surface area (Å²) in [5.41, 5.74) is 3.78. The van der Waals surface area contributed by atoms with Crippen molar-refractivity contribution in [1.82, 2.24) is 0 Å². The molecule has 0 bridgehead atoms. The van der Waals surface area contributed by atoms with Gasteiger partial charge in [0.05, 0.1) is 18.3 Å². The zero-order valence-corrected chi connectivity index (χ0v) is 15.8. The Morgan fingerprint density at radius 1 is 0.926 bits per heavy atom. The van der Waals surface area contributed by atoms with E-state index in [2.05, 4.69) is 36.2 Å². The van der Waals surface area contributed by atoms with Crippen LogP contribution in [0.25, 0.3) is 0 Å². The van der Waals surface area contributed by atoms with E-state index in [-0.39, 0.29) is 0 Å². The molecule has 0 radical (unpaired) electrons.